The smallest absolute Gasteiger partial charge is 0.129 e. The molecular formula is C15H22FNO2. The fraction of sp³-hybridized carbons (Fsp3) is 0.600. The average molecular weight is 267 g/mol. The van der Waals surface area contributed by atoms with E-state index >= 15 is 0 Å². The third kappa shape index (κ3) is 3.75. The normalized spacial score (nSPS) is 23.5. The van der Waals surface area contributed by atoms with Crippen LogP contribution in [0.1, 0.15) is 37.9 Å². The number of aliphatic hydroxyl groups is 2. The molecule has 4 heteroatoms. The molecule has 1 aromatic carbocycles. The summed E-state index contributed by atoms with van der Waals surface area (Å²) in [4.78, 5) is 2.16. The molecule has 3 atom stereocenters. The molecule has 19 heavy (non-hydrogen) atoms. The van der Waals surface area contributed by atoms with Gasteiger partial charge in [0.1, 0.15) is 5.82 Å². The molecule has 1 aromatic rings. The predicted molar refractivity (Wildman–Crippen MR) is 72.3 cm³/mol. The van der Waals surface area contributed by atoms with Crippen molar-refractivity contribution in [2.24, 2.45) is 0 Å². The molecule has 1 heterocycles. The van der Waals surface area contributed by atoms with Crippen molar-refractivity contribution in [1.82, 2.24) is 4.90 Å². The van der Waals surface area contributed by atoms with Crippen molar-refractivity contribution >= 4 is 0 Å². The molecule has 0 radical (unpaired) electrons. The molecule has 2 N–H and O–H groups in total. The van der Waals surface area contributed by atoms with Crippen molar-refractivity contribution in [3.05, 3.63) is 35.6 Å². The number of β-amino-alcohol motifs (C(OH)–C–C–N with tert-alkyl or cyclic N) is 1. The molecule has 0 amide bonds. The van der Waals surface area contributed by atoms with E-state index in [2.05, 4.69) is 4.90 Å². The second-order valence-electron chi connectivity index (χ2n) is 5.41. The van der Waals surface area contributed by atoms with Gasteiger partial charge in [0.25, 0.3) is 0 Å². The number of hydrogen-bond acceptors (Lipinski definition) is 3. The van der Waals surface area contributed by atoms with Gasteiger partial charge in [-0.1, -0.05) is 18.2 Å². The molecule has 1 aliphatic rings. The summed E-state index contributed by atoms with van der Waals surface area (Å²) in [5.74, 6) is -0.360. The van der Waals surface area contributed by atoms with Crippen LogP contribution in [0.4, 0.5) is 4.39 Å². The van der Waals surface area contributed by atoms with Gasteiger partial charge in [0, 0.05) is 18.2 Å². The highest BCUT2D eigenvalue weighted by atomic mass is 19.1. The van der Waals surface area contributed by atoms with Crippen LogP contribution >= 0.6 is 0 Å². The van der Waals surface area contributed by atoms with Gasteiger partial charge in [-0.25, -0.2) is 4.39 Å². The lowest BCUT2D eigenvalue weighted by molar-refractivity contribution is 0.0815. The van der Waals surface area contributed by atoms with Gasteiger partial charge in [0.15, 0.2) is 0 Å². The first kappa shape index (κ1) is 14.4. The van der Waals surface area contributed by atoms with Gasteiger partial charge in [-0.3, -0.25) is 4.90 Å². The van der Waals surface area contributed by atoms with Crippen molar-refractivity contribution in [3.63, 3.8) is 0 Å². The summed E-state index contributed by atoms with van der Waals surface area (Å²) in [6.45, 7) is 3.12. The maximum absolute atomic E-state index is 13.6. The van der Waals surface area contributed by atoms with Crippen molar-refractivity contribution < 1.29 is 14.6 Å². The number of aliphatic hydroxyl groups excluding tert-OH is 2. The van der Waals surface area contributed by atoms with Gasteiger partial charge in [-0.2, -0.15) is 0 Å². The van der Waals surface area contributed by atoms with Gasteiger partial charge in [-0.15, -0.1) is 0 Å². The van der Waals surface area contributed by atoms with E-state index in [-0.39, 0.29) is 11.9 Å². The highest BCUT2D eigenvalue weighted by Gasteiger charge is 2.28. The van der Waals surface area contributed by atoms with E-state index in [1.807, 2.05) is 0 Å². The van der Waals surface area contributed by atoms with Gasteiger partial charge < -0.3 is 10.2 Å². The van der Waals surface area contributed by atoms with Crippen LogP contribution in [0.3, 0.4) is 0 Å². The molecular weight excluding hydrogens is 245 g/mol. The number of nitrogens with zero attached hydrogens (tertiary/aromatic N) is 1. The van der Waals surface area contributed by atoms with Crippen molar-refractivity contribution in [1.29, 1.82) is 0 Å². The van der Waals surface area contributed by atoms with Crippen molar-refractivity contribution in [3.8, 4) is 0 Å². The third-order valence-electron chi connectivity index (χ3n) is 3.78. The van der Waals surface area contributed by atoms with E-state index < -0.39 is 6.10 Å². The molecule has 3 unspecified atom stereocenters. The van der Waals surface area contributed by atoms with Crippen LogP contribution in [-0.4, -0.2) is 40.3 Å². The molecule has 2 rings (SSSR count). The van der Waals surface area contributed by atoms with Crippen LogP contribution in [-0.2, 0) is 0 Å². The Balaban J connectivity index is 1.98. The Labute approximate surface area is 113 Å². The maximum atomic E-state index is 13.6. The zero-order valence-corrected chi connectivity index (χ0v) is 11.3. The molecule has 1 saturated heterocycles. The minimum atomic E-state index is -0.809. The number of hydrogen-bond donors (Lipinski definition) is 2. The quantitative estimate of drug-likeness (QED) is 0.858. The summed E-state index contributed by atoms with van der Waals surface area (Å²) in [7, 11) is 0. The summed E-state index contributed by atoms with van der Waals surface area (Å²) in [6.07, 6.45) is 1.67. The summed E-state index contributed by atoms with van der Waals surface area (Å²) in [6, 6.07) is 6.65. The monoisotopic (exact) mass is 267 g/mol. The third-order valence-corrected chi connectivity index (χ3v) is 3.78. The molecule has 0 saturated carbocycles. The lowest BCUT2D eigenvalue weighted by Gasteiger charge is -2.27. The Morgan fingerprint density at radius 3 is 2.79 bits per heavy atom. The van der Waals surface area contributed by atoms with Crippen LogP contribution in [0, 0.1) is 5.82 Å². The SMILES string of the molecule is CC(O)CC1CCCN1CC(O)c1ccccc1F. The first-order valence-electron chi connectivity index (χ1n) is 6.92. The number of rotatable bonds is 5. The summed E-state index contributed by atoms with van der Waals surface area (Å²) >= 11 is 0. The van der Waals surface area contributed by atoms with Gasteiger partial charge in [0.05, 0.1) is 12.2 Å². The second kappa shape index (κ2) is 6.46. The minimum absolute atomic E-state index is 0.293. The first-order chi connectivity index (χ1) is 9.08. The Morgan fingerprint density at radius 2 is 2.11 bits per heavy atom. The van der Waals surface area contributed by atoms with Crippen molar-refractivity contribution in [2.75, 3.05) is 13.1 Å². The lowest BCUT2D eigenvalue weighted by Crippen LogP contribution is -2.35. The van der Waals surface area contributed by atoms with E-state index in [0.717, 1.165) is 19.4 Å². The molecule has 106 valence electrons. The Morgan fingerprint density at radius 1 is 1.37 bits per heavy atom. The van der Waals surface area contributed by atoms with Crippen molar-refractivity contribution in [2.45, 2.75) is 44.4 Å². The van der Waals surface area contributed by atoms with E-state index in [1.165, 1.54) is 6.07 Å². The molecule has 3 nitrogen and oxygen atoms in total. The Kier molecular flexibility index (Phi) is 4.91. The minimum Gasteiger partial charge on any atom is -0.393 e. The standard InChI is InChI=1S/C15H22FNO2/c1-11(18)9-12-5-4-8-17(12)10-15(19)13-6-2-3-7-14(13)16/h2-3,6-7,11-12,15,18-19H,4-5,8-10H2,1H3. The van der Waals surface area contributed by atoms with Crippen LogP contribution in [0.15, 0.2) is 24.3 Å². The summed E-state index contributed by atoms with van der Waals surface area (Å²) < 4.78 is 13.6. The van der Waals surface area contributed by atoms with E-state index in [1.54, 1.807) is 25.1 Å². The largest absolute Gasteiger partial charge is 0.393 e. The van der Waals surface area contributed by atoms with Crippen LogP contribution in [0.5, 0.6) is 0 Å². The predicted octanol–water partition coefficient (Wildman–Crippen LogP) is 2.09. The zero-order valence-electron chi connectivity index (χ0n) is 11.3. The number of likely N-dealkylation sites (tertiary alicyclic amines) is 1. The second-order valence-corrected chi connectivity index (χ2v) is 5.41. The summed E-state index contributed by atoms with van der Waals surface area (Å²) in [5, 5.41) is 19.6. The van der Waals surface area contributed by atoms with Crippen LogP contribution in [0.25, 0.3) is 0 Å². The van der Waals surface area contributed by atoms with Crippen LogP contribution < -0.4 is 0 Å². The summed E-state index contributed by atoms with van der Waals surface area (Å²) in [5.41, 5.74) is 0.352. The highest BCUT2D eigenvalue weighted by molar-refractivity contribution is 5.20. The molecule has 0 spiro atoms. The Bertz CT molecular complexity index is 411. The average Bonchev–Trinajstić information content (AvgIpc) is 2.76. The molecule has 0 aromatic heterocycles. The van der Waals surface area contributed by atoms with Gasteiger partial charge in [0.2, 0.25) is 0 Å². The number of halogens is 1. The van der Waals surface area contributed by atoms with Gasteiger partial charge >= 0.3 is 0 Å². The topological polar surface area (TPSA) is 43.7 Å². The first-order valence-corrected chi connectivity index (χ1v) is 6.92. The lowest BCUT2D eigenvalue weighted by atomic mass is 10.1. The van der Waals surface area contributed by atoms with E-state index in [0.29, 0.717) is 24.6 Å². The molecule has 1 fully saturated rings. The highest BCUT2D eigenvalue weighted by Crippen LogP contribution is 2.25. The fourth-order valence-corrected chi connectivity index (χ4v) is 2.86. The maximum Gasteiger partial charge on any atom is 0.129 e. The molecule has 0 bridgehead atoms. The molecule has 1 aliphatic heterocycles. The number of benzene rings is 1. The molecule has 0 aliphatic carbocycles. The fourth-order valence-electron chi connectivity index (χ4n) is 2.86. The van der Waals surface area contributed by atoms with Gasteiger partial charge in [-0.05, 0) is 38.8 Å². The zero-order chi connectivity index (χ0) is 13.8. The van der Waals surface area contributed by atoms with Crippen LogP contribution in [0.2, 0.25) is 0 Å². The van der Waals surface area contributed by atoms with E-state index in [4.69, 9.17) is 0 Å². The Hall–Kier alpha value is -0.970. The van der Waals surface area contributed by atoms with E-state index in [9.17, 15) is 14.6 Å².